The van der Waals surface area contributed by atoms with E-state index in [1.807, 2.05) is 13.8 Å². The lowest BCUT2D eigenvalue weighted by molar-refractivity contribution is -0.0522. The molecule has 0 saturated carbocycles. The molecule has 0 radical (unpaired) electrons. The number of hydrogen-bond acceptors (Lipinski definition) is 3. The first-order valence-electron chi connectivity index (χ1n) is 13.5. The summed E-state index contributed by atoms with van der Waals surface area (Å²) >= 11 is 7.01. The van der Waals surface area contributed by atoms with Crippen LogP contribution in [-0.2, 0) is 27.1 Å². The monoisotopic (exact) mass is 650 g/mol. The maximum Gasteiger partial charge on any atom is 0.0848 e. The van der Waals surface area contributed by atoms with Gasteiger partial charge in [-0.25, -0.2) is 0 Å². The molecule has 0 aliphatic heterocycles. The second-order valence-electron chi connectivity index (χ2n) is 9.51. The van der Waals surface area contributed by atoms with Crippen LogP contribution in [0.4, 0.5) is 0 Å². The van der Waals surface area contributed by atoms with Crippen molar-refractivity contribution in [3.05, 3.63) is 117 Å². The van der Waals surface area contributed by atoms with Crippen LogP contribution in [0.1, 0.15) is 25.0 Å². The van der Waals surface area contributed by atoms with Gasteiger partial charge in [0.2, 0.25) is 0 Å². The predicted octanol–water partition coefficient (Wildman–Crippen LogP) is 9.16. The highest BCUT2D eigenvalue weighted by Gasteiger charge is 2.15. The fraction of sp³-hybridized carbons (Fsp3) is 0.294. The fourth-order valence-electron chi connectivity index (χ4n) is 4.61. The summed E-state index contributed by atoms with van der Waals surface area (Å²) in [6.45, 7) is 6.45. The molecule has 0 saturated heterocycles. The third kappa shape index (κ3) is 9.40. The third-order valence-electron chi connectivity index (χ3n) is 6.60. The van der Waals surface area contributed by atoms with Crippen molar-refractivity contribution in [3.63, 3.8) is 0 Å². The van der Waals surface area contributed by atoms with Crippen LogP contribution in [0.15, 0.2) is 106 Å². The molecule has 3 nitrogen and oxygen atoms in total. The van der Waals surface area contributed by atoms with Crippen molar-refractivity contribution >= 4 is 31.9 Å². The first kappa shape index (κ1) is 29.7. The third-order valence-corrected chi connectivity index (χ3v) is 7.66. The molecule has 0 aromatic heterocycles. The van der Waals surface area contributed by atoms with Crippen molar-refractivity contribution in [3.8, 4) is 22.3 Å². The molecule has 4 aromatic carbocycles. The van der Waals surface area contributed by atoms with Crippen LogP contribution in [0.3, 0.4) is 0 Å². The van der Waals surface area contributed by atoms with Crippen molar-refractivity contribution in [2.24, 2.45) is 0 Å². The molecule has 5 heteroatoms. The fourth-order valence-corrected chi connectivity index (χ4v) is 5.14. The summed E-state index contributed by atoms with van der Waals surface area (Å²) in [4.78, 5) is 0. The van der Waals surface area contributed by atoms with Gasteiger partial charge in [0.05, 0.1) is 25.4 Å². The Bertz CT molecular complexity index is 1150. The number of rotatable bonds is 14. The highest BCUT2D eigenvalue weighted by Crippen LogP contribution is 2.24. The van der Waals surface area contributed by atoms with Gasteiger partial charge in [-0.3, -0.25) is 0 Å². The average molecular weight is 652 g/mol. The summed E-state index contributed by atoms with van der Waals surface area (Å²) in [5.74, 6) is 0. The SMILES string of the molecule is CCOC(COCC(Cc1ccc(-c2ccc(Br)cc2)cc1)OCC)Cc1ccc(-c2ccc(Br)cc2)cc1. The zero-order chi connectivity index (χ0) is 27.5. The molecule has 0 fully saturated rings. The topological polar surface area (TPSA) is 27.7 Å². The number of halogens is 2. The second-order valence-corrected chi connectivity index (χ2v) is 11.3. The molecule has 4 rings (SSSR count). The minimum atomic E-state index is 0.000926. The van der Waals surface area contributed by atoms with Crippen molar-refractivity contribution < 1.29 is 14.2 Å². The van der Waals surface area contributed by atoms with Crippen molar-refractivity contribution in [1.29, 1.82) is 0 Å². The van der Waals surface area contributed by atoms with Crippen LogP contribution >= 0.6 is 31.9 Å². The Morgan fingerprint density at radius 1 is 0.487 bits per heavy atom. The van der Waals surface area contributed by atoms with E-state index in [-0.39, 0.29) is 12.2 Å². The first-order valence-corrected chi connectivity index (χ1v) is 15.1. The number of benzene rings is 4. The van der Waals surface area contributed by atoms with E-state index in [4.69, 9.17) is 14.2 Å². The van der Waals surface area contributed by atoms with Gasteiger partial charge in [0.1, 0.15) is 0 Å². The Labute approximate surface area is 249 Å². The Morgan fingerprint density at radius 3 is 1.10 bits per heavy atom. The Morgan fingerprint density at radius 2 is 0.795 bits per heavy atom. The highest BCUT2D eigenvalue weighted by molar-refractivity contribution is 9.10. The van der Waals surface area contributed by atoms with Crippen molar-refractivity contribution in [1.82, 2.24) is 0 Å². The van der Waals surface area contributed by atoms with E-state index in [0.717, 1.165) is 21.8 Å². The summed E-state index contributed by atoms with van der Waals surface area (Å²) in [6.07, 6.45) is 1.62. The number of hydrogen-bond donors (Lipinski definition) is 0. The van der Waals surface area contributed by atoms with Crippen molar-refractivity contribution in [2.75, 3.05) is 26.4 Å². The lowest BCUT2D eigenvalue weighted by atomic mass is 10.0. The average Bonchev–Trinajstić information content (AvgIpc) is 2.95. The summed E-state index contributed by atoms with van der Waals surface area (Å²) in [7, 11) is 0. The van der Waals surface area contributed by atoms with Gasteiger partial charge in [-0.05, 0) is 71.5 Å². The summed E-state index contributed by atoms with van der Waals surface area (Å²) in [5.41, 5.74) is 7.31. The van der Waals surface area contributed by atoms with Crippen LogP contribution < -0.4 is 0 Å². The molecule has 204 valence electrons. The molecule has 39 heavy (non-hydrogen) atoms. The molecule has 0 aliphatic carbocycles. The van der Waals surface area contributed by atoms with Gasteiger partial charge in [-0.15, -0.1) is 0 Å². The van der Waals surface area contributed by atoms with E-state index >= 15 is 0 Å². The smallest absolute Gasteiger partial charge is 0.0848 e. The molecular formula is C34H36Br2O3. The predicted molar refractivity (Wildman–Crippen MR) is 168 cm³/mol. The zero-order valence-electron chi connectivity index (χ0n) is 22.6. The molecule has 0 N–H and O–H groups in total. The molecule has 4 aromatic rings. The minimum Gasteiger partial charge on any atom is -0.376 e. The molecule has 0 spiro atoms. The number of ether oxygens (including phenoxy) is 3. The highest BCUT2D eigenvalue weighted by atomic mass is 79.9. The van der Waals surface area contributed by atoms with E-state index in [2.05, 4.69) is 129 Å². The lowest BCUT2D eigenvalue weighted by Crippen LogP contribution is -2.28. The van der Waals surface area contributed by atoms with Crippen molar-refractivity contribution in [2.45, 2.75) is 38.9 Å². The molecule has 0 heterocycles. The molecule has 0 aliphatic rings. The van der Waals surface area contributed by atoms with Gasteiger partial charge in [0.25, 0.3) is 0 Å². The zero-order valence-corrected chi connectivity index (χ0v) is 25.8. The molecular weight excluding hydrogens is 616 g/mol. The van der Waals surface area contributed by atoms with Crippen LogP contribution in [0.25, 0.3) is 22.3 Å². The summed E-state index contributed by atoms with van der Waals surface area (Å²) < 4.78 is 20.4. The maximum absolute atomic E-state index is 6.16. The van der Waals surface area contributed by atoms with Gasteiger partial charge >= 0.3 is 0 Å². The molecule has 0 bridgehead atoms. The Hall–Kier alpha value is -2.28. The van der Waals surface area contributed by atoms with Crippen LogP contribution in [0, 0.1) is 0 Å². The van der Waals surface area contributed by atoms with Crippen LogP contribution in [0.5, 0.6) is 0 Å². The van der Waals surface area contributed by atoms with E-state index in [9.17, 15) is 0 Å². The Kier molecular flexibility index (Phi) is 11.8. The summed E-state index contributed by atoms with van der Waals surface area (Å²) in [5, 5.41) is 0. The van der Waals surface area contributed by atoms with Gasteiger partial charge in [-0.1, -0.05) is 105 Å². The van der Waals surface area contributed by atoms with Gasteiger partial charge in [-0.2, -0.15) is 0 Å². The van der Waals surface area contributed by atoms with Crippen LogP contribution in [0.2, 0.25) is 0 Å². The summed E-state index contributed by atoms with van der Waals surface area (Å²) in [6, 6.07) is 34.2. The molecule has 0 amide bonds. The normalized spacial score (nSPS) is 12.8. The van der Waals surface area contributed by atoms with Gasteiger partial charge < -0.3 is 14.2 Å². The lowest BCUT2D eigenvalue weighted by Gasteiger charge is -2.21. The van der Waals surface area contributed by atoms with E-state index in [1.54, 1.807) is 0 Å². The van der Waals surface area contributed by atoms with E-state index in [1.165, 1.54) is 33.4 Å². The van der Waals surface area contributed by atoms with Gasteiger partial charge in [0, 0.05) is 35.0 Å². The Balaban J connectivity index is 1.29. The largest absolute Gasteiger partial charge is 0.376 e. The maximum atomic E-state index is 6.16. The van der Waals surface area contributed by atoms with E-state index in [0.29, 0.717) is 26.4 Å². The standard InChI is InChI=1S/C34H36Br2O3/c1-3-38-33(21-25-5-9-27(10-6-25)29-13-17-31(35)18-14-29)23-37-24-34(39-4-2)22-26-7-11-28(12-8-26)30-15-19-32(36)20-16-30/h5-20,33-34H,3-4,21-24H2,1-2H3. The second kappa shape index (κ2) is 15.5. The van der Waals surface area contributed by atoms with E-state index < -0.39 is 0 Å². The first-order chi connectivity index (χ1) is 19.0. The minimum absolute atomic E-state index is 0.000926. The molecule has 2 atom stereocenters. The van der Waals surface area contributed by atoms with Crippen LogP contribution in [-0.4, -0.2) is 38.6 Å². The van der Waals surface area contributed by atoms with Gasteiger partial charge in [0.15, 0.2) is 0 Å². The molecule has 2 unspecified atom stereocenters. The quantitative estimate of drug-likeness (QED) is 0.136.